The van der Waals surface area contributed by atoms with Gasteiger partial charge in [-0.15, -0.1) is 0 Å². The summed E-state index contributed by atoms with van der Waals surface area (Å²) in [7, 11) is -5.55. The number of urea groups is 1. The molecule has 0 heterocycles. The van der Waals surface area contributed by atoms with Crippen LogP contribution in [0.3, 0.4) is 0 Å². The molecule has 9 nitrogen and oxygen atoms in total. The van der Waals surface area contributed by atoms with Gasteiger partial charge in [0.1, 0.15) is 0 Å². The van der Waals surface area contributed by atoms with Crippen molar-refractivity contribution in [2.75, 3.05) is 58.0 Å². The van der Waals surface area contributed by atoms with Gasteiger partial charge in [-0.2, -0.15) is 0 Å². The van der Waals surface area contributed by atoms with Gasteiger partial charge in [0.25, 0.3) is 0 Å². The zero-order chi connectivity index (χ0) is 26.7. The number of benzene rings is 1. The highest BCUT2D eigenvalue weighted by Crippen LogP contribution is 2.21. The van der Waals surface area contributed by atoms with Gasteiger partial charge in [-0.3, -0.25) is 0 Å². The van der Waals surface area contributed by atoms with Crippen molar-refractivity contribution in [1.82, 2.24) is 4.90 Å². The van der Waals surface area contributed by atoms with Crippen molar-refractivity contribution in [3.8, 4) is 0 Å². The van der Waals surface area contributed by atoms with Crippen LogP contribution in [0.4, 0.5) is 10.5 Å². The molecule has 1 N–H and O–H groups in total. The van der Waals surface area contributed by atoms with Crippen LogP contribution in [-0.2, 0) is 26.6 Å². The molecule has 0 aliphatic rings. The quantitative estimate of drug-likeness (QED) is 0.207. The normalized spacial score (nSPS) is 12.1. The number of anilines is 1. The van der Waals surface area contributed by atoms with E-state index in [9.17, 15) is 4.79 Å². The second kappa shape index (κ2) is 18.9. The first-order valence-electron chi connectivity index (χ1n) is 13.4. The van der Waals surface area contributed by atoms with Crippen LogP contribution >= 0.6 is 0 Å². The van der Waals surface area contributed by atoms with E-state index in [1.54, 1.807) is 0 Å². The monoisotopic (exact) mass is 544 g/mol. The number of nitrogens with one attached hydrogen (secondary N) is 1. The largest absolute Gasteiger partial charge is 0.500 e. The predicted octanol–water partition coefficient (Wildman–Crippen LogP) is 5.40. The Morgan fingerprint density at radius 1 is 0.667 bits per heavy atom. The number of rotatable bonds is 21. The second-order valence-electron chi connectivity index (χ2n) is 7.95. The first kappa shape index (κ1) is 32.7. The van der Waals surface area contributed by atoms with Crippen LogP contribution in [0.2, 0.25) is 12.1 Å². The smallest absolute Gasteiger partial charge is 0.374 e. The average molecular weight is 545 g/mol. The second-order valence-corrected chi connectivity index (χ2v) is 13.4. The summed E-state index contributed by atoms with van der Waals surface area (Å²) < 4.78 is 35.9. The van der Waals surface area contributed by atoms with E-state index in [0.717, 1.165) is 5.69 Å². The van der Waals surface area contributed by atoms with Crippen LogP contribution in [-0.4, -0.2) is 81.3 Å². The fourth-order valence-electron chi connectivity index (χ4n) is 4.01. The lowest BCUT2D eigenvalue weighted by Crippen LogP contribution is -2.47. The zero-order valence-electron chi connectivity index (χ0n) is 23.2. The summed E-state index contributed by atoms with van der Waals surface area (Å²) in [4.78, 5) is 15.1. The number of carbonyl (C=O) groups excluding carboxylic acids is 1. The highest BCUT2D eigenvalue weighted by molar-refractivity contribution is 6.61. The maximum atomic E-state index is 13.2. The van der Waals surface area contributed by atoms with E-state index in [0.29, 0.717) is 77.7 Å². The van der Waals surface area contributed by atoms with Gasteiger partial charge in [-0.1, -0.05) is 18.2 Å². The number of nitrogens with zero attached hydrogens (tertiary/aromatic N) is 1. The van der Waals surface area contributed by atoms with E-state index in [1.807, 2.05) is 76.8 Å². The lowest BCUT2D eigenvalue weighted by Gasteiger charge is -2.31. The molecule has 1 rings (SSSR count). The van der Waals surface area contributed by atoms with Gasteiger partial charge >= 0.3 is 23.6 Å². The summed E-state index contributed by atoms with van der Waals surface area (Å²) in [6.07, 6.45) is 1.42. The summed E-state index contributed by atoms with van der Waals surface area (Å²) in [5.41, 5.74) is 0.760. The van der Waals surface area contributed by atoms with Crippen molar-refractivity contribution in [3.05, 3.63) is 30.3 Å². The summed E-state index contributed by atoms with van der Waals surface area (Å²) in [5.74, 6) is 0. The molecule has 0 atom stereocenters. The standard InChI is InChI=1S/C25H48N2O7Si2/c1-7-29-35(30-8-2,31-9-3)22-16-20-27(25(28)26-24-18-14-13-15-19-24)21-17-23-36(32-10-4,33-11-5)34-12-6/h13-15,18-19H,7-12,16-17,20-23H2,1-6H3,(H,26,28). The van der Waals surface area contributed by atoms with Crippen molar-refractivity contribution < 1.29 is 31.4 Å². The molecule has 0 spiro atoms. The molecule has 0 aromatic heterocycles. The van der Waals surface area contributed by atoms with Gasteiger partial charge in [-0.05, 0) is 66.5 Å². The van der Waals surface area contributed by atoms with Crippen molar-refractivity contribution in [1.29, 1.82) is 0 Å². The molecule has 0 unspecified atom stereocenters. The molecule has 208 valence electrons. The van der Waals surface area contributed by atoms with Crippen molar-refractivity contribution in [2.45, 2.75) is 66.5 Å². The highest BCUT2D eigenvalue weighted by Gasteiger charge is 2.41. The Kier molecular flexibility index (Phi) is 17.1. The molecule has 11 heteroatoms. The van der Waals surface area contributed by atoms with Crippen molar-refractivity contribution >= 4 is 29.3 Å². The van der Waals surface area contributed by atoms with Crippen LogP contribution in [0.5, 0.6) is 0 Å². The van der Waals surface area contributed by atoms with Gasteiger partial charge in [0.05, 0.1) is 0 Å². The van der Waals surface area contributed by atoms with Crippen LogP contribution in [0.25, 0.3) is 0 Å². The minimum absolute atomic E-state index is 0.144. The Labute approximate surface area is 220 Å². The summed E-state index contributed by atoms with van der Waals surface area (Å²) in [6, 6.07) is 10.6. The van der Waals surface area contributed by atoms with Crippen molar-refractivity contribution in [3.63, 3.8) is 0 Å². The SMILES string of the molecule is CCO[Si](CCCN(CCC[Si](OCC)(OCC)OCC)C(=O)Nc1ccccc1)(OCC)OCC. The molecule has 0 saturated heterocycles. The Bertz CT molecular complexity index is 634. The maximum absolute atomic E-state index is 13.2. The molecule has 0 radical (unpaired) electrons. The number of para-hydroxylation sites is 1. The molecule has 0 fully saturated rings. The van der Waals surface area contributed by atoms with E-state index < -0.39 is 17.6 Å². The third-order valence-corrected chi connectivity index (χ3v) is 11.6. The number of carbonyl (C=O) groups is 1. The minimum Gasteiger partial charge on any atom is -0.374 e. The minimum atomic E-state index is -2.78. The number of hydrogen-bond acceptors (Lipinski definition) is 7. The zero-order valence-corrected chi connectivity index (χ0v) is 25.2. The Balaban J connectivity index is 2.92. The molecule has 36 heavy (non-hydrogen) atoms. The van der Waals surface area contributed by atoms with Gasteiger partial charge < -0.3 is 36.8 Å². The molecule has 0 bridgehead atoms. The maximum Gasteiger partial charge on any atom is 0.500 e. The lowest BCUT2D eigenvalue weighted by atomic mass is 10.3. The van der Waals surface area contributed by atoms with E-state index >= 15 is 0 Å². The fraction of sp³-hybridized carbons (Fsp3) is 0.720. The van der Waals surface area contributed by atoms with Gasteiger partial charge in [0.2, 0.25) is 0 Å². The van der Waals surface area contributed by atoms with Crippen LogP contribution in [0.15, 0.2) is 30.3 Å². The van der Waals surface area contributed by atoms with E-state index in [2.05, 4.69) is 5.32 Å². The number of hydrogen-bond donors (Lipinski definition) is 1. The lowest BCUT2D eigenvalue weighted by molar-refractivity contribution is 0.0698. The Hall–Kier alpha value is -1.32. The van der Waals surface area contributed by atoms with Crippen molar-refractivity contribution in [2.24, 2.45) is 0 Å². The molecule has 1 aromatic carbocycles. The van der Waals surface area contributed by atoms with Gasteiger partial charge in [0, 0.05) is 70.5 Å². The molecular weight excluding hydrogens is 496 g/mol. The summed E-state index contributed by atoms with van der Waals surface area (Å²) in [5, 5.41) is 3.01. The number of amides is 2. The van der Waals surface area contributed by atoms with Crippen LogP contribution in [0.1, 0.15) is 54.4 Å². The highest BCUT2D eigenvalue weighted by atomic mass is 28.4. The Morgan fingerprint density at radius 2 is 1.03 bits per heavy atom. The topological polar surface area (TPSA) is 87.7 Å². The summed E-state index contributed by atoms with van der Waals surface area (Å²) >= 11 is 0. The first-order chi connectivity index (χ1) is 17.4. The van der Waals surface area contributed by atoms with Gasteiger partial charge in [0.15, 0.2) is 0 Å². The molecule has 1 aromatic rings. The summed E-state index contributed by atoms with van der Waals surface area (Å²) in [6.45, 7) is 16.0. The average Bonchev–Trinajstić information content (AvgIpc) is 2.85. The van der Waals surface area contributed by atoms with E-state index in [4.69, 9.17) is 26.6 Å². The van der Waals surface area contributed by atoms with E-state index in [1.165, 1.54) is 0 Å². The molecule has 0 saturated carbocycles. The predicted molar refractivity (Wildman–Crippen MR) is 147 cm³/mol. The third kappa shape index (κ3) is 11.8. The van der Waals surface area contributed by atoms with Crippen LogP contribution in [0, 0.1) is 0 Å². The fourth-order valence-corrected chi connectivity index (χ4v) is 9.20. The van der Waals surface area contributed by atoms with Crippen LogP contribution < -0.4 is 5.32 Å². The Morgan fingerprint density at radius 3 is 1.36 bits per heavy atom. The van der Waals surface area contributed by atoms with E-state index in [-0.39, 0.29) is 6.03 Å². The molecular formula is C25H48N2O7Si2. The molecule has 0 aliphatic heterocycles. The first-order valence-corrected chi connectivity index (χ1v) is 17.2. The molecule has 0 aliphatic carbocycles. The third-order valence-electron chi connectivity index (χ3n) is 5.32. The molecule has 2 amide bonds. The van der Waals surface area contributed by atoms with Gasteiger partial charge in [-0.25, -0.2) is 4.79 Å².